The van der Waals surface area contributed by atoms with Gasteiger partial charge in [-0.05, 0) is 25.3 Å². The number of aryl methyl sites for hydroxylation is 1. The van der Waals surface area contributed by atoms with Crippen molar-refractivity contribution >= 4 is 22.7 Å². The van der Waals surface area contributed by atoms with Crippen LogP contribution >= 0.6 is 11.8 Å². The zero-order valence-corrected chi connectivity index (χ0v) is 11.0. The second-order valence-corrected chi connectivity index (χ2v) is 4.79. The van der Waals surface area contributed by atoms with Gasteiger partial charge in [-0.2, -0.15) is 5.10 Å². The van der Waals surface area contributed by atoms with Gasteiger partial charge in [-0.15, -0.1) is 0 Å². The van der Waals surface area contributed by atoms with Crippen molar-refractivity contribution in [3.05, 3.63) is 42.2 Å². The van der Waals surface area contributed by atoms with Crippen LogP contribution in [0.5, 0.6) is 0 Å². The molecule has 0 atom stereocenters. The Hall–Kier alpha value is -1.88. The summed E-state index contributed by atoms with van der Waals surface area (Å²) >= 11 is 1.52. The van der Waals surface area contributed by atoms with Crippen molar-refractivity contribution in [3.63, 3.8) is 0 Å². The van der Waals surface area contributed by atoms with Crippen LogP contribution in [0.15, 0.2) is 41.8 Å². The Bertz CT molecular complexity index is 705. The van der Waals surface area contributed by atoms with Gasteiger partial charge in [0.25, 0.3) is 0 Å². The third kappa shape index (κ3) is 1.86. The first-order valence-corrected chi connectivity index (χ1v) is 6.82. The molecule has 0 aliphatic carbocycles. The molecule has 90 valence electrons. The van der Waals surface area contributed by atoms with E-state index in [0.717, 1.165) is 21.9 Å². The molecule has 0 N–H and O–H groups in total. The van der Waals surface area contributed by atoms with E-state index in [2.05, 4.69) is 40.2 Å². The molecule has 0 fully saturated rings. The van der Waals surface area contributed by atoms with Crippen LogP contribution in [0.4, 0.5) is 0 Å². The Morgan fingerprint density at radius 1 is 1.22 bits per heavy atom. The van der Waals surface area contributed by atoms with Crippen molar-refractivity contribution < 1.29 is 0 Å². The molecule has 2 heterocycles. The highest BCUT2D eigenvalue weighted by Crippen LogP contribution is 2.19. The summed E-state index contributed by atoms with van der Waals surface area (Å²) in [6.45, 7) is 2.08. The third-order valence-corrected chi connectivity index (χ3v) is 3.30. The van der Waals surface area contributed by atoms with Crippen molar-refractivity contribution in [3.8, 4) is 5.82 Å². The van der Waals surface area contributed by atoms with Gasteiger partial charge in [-0.25, -0.2) is 14.6 Å². The zero-order chi connectivity index (χ0) is 12.5. The van der Waals surface area contributed by atoms with Gasteiger partial charge in [0.15, 0.2) is 11.0 Å². The van der Waals surface area contributed by atoms with E-state index in [0.29, 0.717) is 0 Å². The van der Waals surface area contributed by atoms with E-state index in [1.807, 2.05) is 23.2 Å². The normalized spacial score (nSPS) is 11.0. The van der Waals surface area contributed by atoms with Crippen LogP contribution in [-0.2, 0) is 0 Å². The van der Waals surface area contributed by atoms with Crippen molar-refractivity contribution in [2.75, 3.05) is 6.26 Å². The standard InChI is InChI=1S/C13H12N4S/c1-9-3-4-11-10(7-9)8-15-17(11)12-5-6-14-13(16-12)18-2/h3-8H,1-2H3. The lowest BCUT2D eigenvalue weighted by Crippen LogP contribution is -2.00. The lowest BCUT2D eigenvalue weighted by Gasteiger charge is -2.03. The van der Waals surface area contributed by atoms with Crippen molar-refractivity contribution in [2.24, 2.45) is 0 Å². The zero-order valence-electron chi connectivity index (χ0n) is 10.2. The molecule has 3 aromatic rings. The molecule has 0 unspecified atom stereocenters. The predicted octanol–water partition coefficient (Wildman–Crippen LogP) is 2.85. The quantitative estimate of drug-likeness (QED) is 0.522. The highest BCUT2D eigenvalue weighted by atomic mass is 32.2. The molecule has 0 radical (unpaired) electrons. The summed E-state index contributed by atoms with van der Waals surface area (Å²) < 4.78 is 1.84. The minimum absolute atomic E-state index is 0.753. The number of hydrogen-bond acceptors (Lipinski definition) is 4. The molecule has 0 amide bonds. The van der Waals surface area contributed by atoms with E-state index in [-0.39, 0.29) is 0 Å². The van der Waals surface area contributed by atoms with E-state index in [4.69, 9.17) is 0 Å². The molecule has 0 saturated carbocycles. The number of hydrogen-bond donors (Lipinski definition) is 0. The first-order chi connectivity index (χ1) is 8.78. The van der Waals surface area contributed by atoms with Crippen LogP contribution in [0.3, 0.4) is 0 Å². The number of nitrogens with zero attached hydrogens (tertiary/aromatic N) is 4. The molecule has 0 saturated heterocycles. The van der Waals surface area contributed by atoms with Crippen LogP contribution < -0.4 is 0 Å². The summed E-state index contributed by atoms with van der Waals surface area (Å²) in [6.07, 6.45) is 5.59. The van der Waals surface area contributed by atoms with Gasteiger partial charge >= 0.3 is 0 Å². The highest BCUT2D eigenvalue weighted by Gasteiger charge is 2.06. The van der Waals surface area contributed by atoms with Crippen LogP contribution in [0.2, 0.25) is 0 Å². The molecular formula is C13H12N4S. The summed E-state index contributed by atoms with van der Waals surface area (Å²) in [5.41, 5.74) is 2.29. The number of fused-ring (bicyclic) bond motifs is 1. The molecule has 0 aliphatic heterocycles. The Kier molecular flexibility index (Phi) is 2.76. The Labute approximate surface area is 109 Å². The van der Waals surface area contributed by atoms with E-state index in [9.17, 15) is 0 Å². The lowest BCUT2D eigenvalue weighted by molar-refractivity contribution is 0.828. The largest absolute Gasteiger partial charge is 0.231 e. The number of rotatable bonds is 2. The van der Waals surface area contributed by atoms with Crippen molar-refractivity contribution in [1.29, 1.82) is 0 Å². The maximum atomic E-state index is 4.46. The van der Waals surface area contributed by atoms with Crippen molar-refractivity contribution in [1.82, 2.24) is 19.7 Å². The average molecular weight is 256 g/mol. The molecule has 5 heteroatoms. The molecule has 3 rings (SSSR count). The Morgan fingerprint density at radius 2 is 2.11 bits per heavy atom. The van der Waals surface area contributed by atoms with Crippen molar-refractivity contribution in [2.45, 2.75) is 12.1 Å². The summed E-state index contributed by atoms with van der Waals surface area (Å²) in [6, 6.07) is 8.14. The molecule has 1 aromatic carbocycles. The van der Waals surface area contributed by atoms with Gasteiger partial charge in [0.05, 0.1) is 11.7 Å². The van der Waals surface area contributed by atoms with E-state index >= 15 is 0 Å². The van der Waals surface area contributed by atoms with Crippen LogP contribution in [0.25, 0.3) is 16.7 Å². The monoisotopic (exact) mass is 256 g/mol. The van der Waals surface area contributed by atoms with Gasteiger partial charge in [0.1, 0.15) is 0 Å². The third-order valence-electron chi connectivity index (χ3n) is 2.74. The average Bonchev–Trinajstić information content (AvgIpc) is 2.81. The first-order valence-electron chi connectivity index (χ1n) is 5.60. The summed E-state index contributed by atoms with van der Waals surface area (Å²) in [7, 11) is 0. The Balaban J connectivity index is 2.19. The second-order valence-electron chi connectivity index (χ2n) is 4.02. The van der Waals surface area contributed by atoms with E-state index in [1.165, 1.54) is 17.3 Å². The predicted molar refractivity (Wildman–Crippen MR) is 73.2 cm³/mol. The number of benzene rings is 1. The number of aromatic nitrogens is 4. The summed E-state index contributed by atoms with van der Waals surface area (Å²) in [4.78, 5) is 8.63. The van der Waals surface area contributed by atoms with Gasteiger partial charge in [-0.3, -0.25) is 0 Å². The molecule has 4 nitrogen and oxygen atoms in total. The fraction of sp³-hybridized carbons (Fsp3) is 0.154. The molecule has 0 bridgehead atoms. The summed E-state index contributed by atoms with van der Waals surface area (Å²) in [5, 5.41) is 6.28. The van der Waals surface area contributed by atoms with Gasteiger partial charge in [0.2, 0.25) is 0 Å². The lowest BCUT2D eigenvalue weighted by atomic mass is 10.2. The fourth-order valence-corrected chi connectivity index (χ4v) is 2.23. The van der Waals surface area contributed by atoms with Crippen LogP contribution in [0, 0.1) is 6.92 Å². The molecule has 0 spiro atoms. The van der Waals surface area contributed by atoms with E-state index in [1.54, 1.807) is 6.20 Å². The minimum atomic E-state index is 0.753. The summed E-state index contributed by atoms with van der Waals surface area (Å²) in [5.74, 6) is 0.799. The smallest absolute Gasteiger partial charge is 0.189 e. The number of thioether (sulfide) groups is 1. The van der Waals surface area contributed by atoms with Gasteiger partial charge in [0, 0.05) is 17.6 Å². The SMILES string of the molecule is CSc1nccc(-n2ncc3cc(C)ccc32)n1. The van der Waals surface area contributed by atoms with Crippen LogP contribution in [-0.4, -0.2) is 26.0 Å². The van der Waals surface area contributed by atoms with Crippen LogP contribution in [0.1, 0.15) is 5.56 Å². The maximum Gasteiger partial charge on any atom is 0.189 e. The van der Waals surface area contributed by atoms with E-state index < -0.39 is 0 Å². The second kappa shape index (κ2) is 4.42. The molecule has 2 aromatic heterocycles. The van der Waals surface area contributed by atoms with Gasteiger partial charge < -0.3 is 0 Å². The minimum Gasteiger partial charge on any atom is -0.231 e. The fourth-order valence-electron chi connectivity index (χ4n) is 1.88. The highest BCUT2D eigenvalue weighted by molar-refractivity contribution is 7.98. The maximum absolute atomic E-state index is 4.46. The Morgan fingerprint density at radius 3 is 2.94 bits per heavy atom. The van der Waals surface area contributed by atoms with Gasteiger partial charge in [-0.1, -0.05) is 23.4 Å². The first kappa shape index (κ1) is 11.2. The topological polar surface area (TPSA) is 43.6 Å². The molecule has 0 aliphatic rings. The molecular weight excluding hydrogens is 244 g/mol. The molecule has 18 heavy (non-hydrogen) atoms.